The fraction of sp³-hybridized carbons (Fsp3) is 0.417. The highest BCUT2D eigenvalue weighted by molar-refractivity contribution is 9.10. The molecule has 1 fully saturated rings. The topological polar surface area (TPSA) is 50.6 Å². The fourth-order valence-corrected chi connectivity index (χ4v) is 4.22. The number of para-hydroxylation sites is 2. The zero-order valence-corrected chi connectivity index (χ0v) is 20.1. The standard InChI is InChI=1S/C24H29BrN4O2/c1-17-15-27(23(30)31-24(2,3)4)13-14-28(17)22-26-20-7-5-6-8-21(20)29(22)16-18-9-11-19(25)12-10-18/h5-12,17H,13-16H2,1-4H3/t17-/m0/s1. The van der Waals surface area contributed by atoms with Crippen LogP contribution >= 0.6 is 15.9 Å². The molecule has 1 aliphatic heterocycles. The Hall–Kier alpha value is -2.54. The zero-order valence-electron chi connectivity index (χ0n) is 18.5. The summed E-state index contributed by atoms with van der Waals surface area (Å²) in [6.45, 7) is 10.5. The van der Waals surface area contributed by atoms with Gasteiger partial charge in [-0.3, -0.25) is 0 Å². The van der Waals surface area contributed by atoms with Gasteiger partial charge in [-0.15, -0.1) is 0 Å². The van der Waals surface area contributed by atoms with E-state index in [1.54, 1.807) is 4.90 Å². The number of halogens is 1. The van der Waals surface area contributed by atoms with Crippen LogP contribution in [0, 0.1) is 0 Å². The molecule has 6 nitrogen and oxygen atoms in total. The van der Waals surface area contributed by atoms with Crippen LogP contribution < -0.4 is 4.90 Å². The van der Waals surface area contributed by atoms with Crippen LogP contribution in [-0.2, 0) is 11.3 Å². The van der Waals surface area contributed by atoms with Gasteiger partial charge >= 0.3 is 6.09 Å². The van der Waals surface area contributed by atoms with Crippen molar-refractivity contribution >= 4 is 39.0 Å². The minimum absolute atomic E-state index is 0.127. The molecule has 0 aliphatic carbocycles. The number of carbonyl (C=O) groups is 1. The van der Waals surface area contributed by atoms with E-state index in [4.69, 9.17) is 9.72 Å². The predicted octanol–water partition coefficient (Wildman–Crippen LogP) is 5.29. The molecular formula is C24H29BrN4O2. The fourth-order valence-electron chi connectivity index (χ4n) is 3.96. The molecule has 0 radical (unpaired) electrons. The summed E-state index contributed by atoms with van der Waals surface area (Å²) in [4.78, 5) is 21.6. The Morgan fingerprint density at radius 2 is 1.84 bits per heavy atom. The number of hydrogen-bond acceptors (Lipinski definition) is 4. The number of aromatic nitrogens is 2. The second-order valence-electron chi connectivity index (χ2n) is 9.08. The van der Waals surface area contributed by atoms with Crippen molar-refractivity contribution in [1.29, 1.82) is 0 Å². The summed E-state index contributed by atoms with van der Waals surface area (Å²) in [5.74, 6) is 0.945. The van der Waals surface area contributed by atoms with Crippen molar-refractivity contribution in [2.45, 2.75) is 45.9 Å². The average molecular weight is 485 g/mol. The van der Waals surface area contributed by atoms with E-state index in [1.165, 1.54) is 5.56 Å². The molecule has 164 valence electrons. The van der Waals surface area contributed by atoms with Gasteiger partial charge in [-0.25, -0.2) is 9.78 Å². The first-order valence-electron chi connectivity index (χ1n) is 10.7. The van der Waals surface area contributed by atoms with Crippen molar-refractivity contribution in [3.8, 4) is 0 Å². The Kier molecular flexibility index (Phi) is 5.97. The van der Waals surface area contributed by atoms with Crippen LogP contribution in [0.25, 0.3) is 11.0 Å². The molecule has 0 saturated carbocycles. The van der Waals surface area contributed by atoms with E-state index in [0.717, 1.165) is 28.0 Å². The minimum Gasteiger partial charge on any atom is -0.444 e. The van der Waals surface area contributed by atoms with Crippen LogP contribution in [0.2, 0.25) is 0 Å². The van der Waals surface area contributed by atoms with Crippen LogP contribution in [0.15, 0.2) is 53.0 Å². The summed E-state index contributed by atoms with van der Waals surface area (Å²) in [6, 6.07) is 16.8. The number of ether oxygens (including phenoxy) is 1. The van der Waals surface area contributed by atoms with Gasteiger partial charge in [0, 0.05) is 30.1 Å². The maximum absolute atomic E-state index is 12.5. The van der Waals surface area contributed by atoms with Crippen molar-refractivity contribution < 1.29 is 9.53 Å². The minimum atomic E-state index is -0.490. The summed E-state index contributed by atoms with van der Waals surface area (Å²) in [5.41, 5.74) is 2.82. The quantitative estimate of drug-likeness (QED) is 0.506. The molecule has 0 bridgehead atoms. The molecule has 2 aromatic carbocycles. The Morgan fingerprint density at radius 3 is 2.52 bits per heavy atom. The van der Waals surface area contributed by atoms with Crippen molar-refractivity contribution in [1.82, 2.24) is 14.5 Å². The van der Waals surface area contributed by atoms with Gasteiger partial charge in [0.25, 0.3) is 0 Å². The average Bonchev–Trinajstić information content (AvgIpc) is 3.06. The highest BCUT2D eigenvalue weighted by atomic mass is 79.9. The lowest BCUT2D eigenvalue weighted by atomic mass is 10.2. The first-order chi connectivity index (χ1) is 14.7. The summed E-state index contributed by atoms with van der Waals surface area (Å²) >= 11 is 3.51. The van der Waals surface area contributed by atoms with Gasteiger partial charge in [0.05, 0.1) is 17.6 Å². The molecule has 31 heavy (non-hydrogen) atoms. The zero-order chi connectivity index (χ0) is 22.2. The Balaban J connectivity index is 1.61. The van der Waals surface area contributed by atoms with E-state index in [-0.39, 0.29) is 12.1 Å². The van der Waals surface area contributed by atoms with Crippen LogP contribution in [0.5, 0.6) is 0 Å². The first kappa shape index (κ1) is 21.7. The van der Waals surface area contributed by atoms with Gasteiger partial charge in [0.1, 0.15) is 5.60 Å². The van der Waals surface area contributed by atoms with Gasteiger partial charge in [0.15, 0.2) is 0 Å². The third kappa shape index (κ3) is 4.87. The van der Waals surface area contributed by atoms with Gasteiger partial charge in [0.2, 0.25) is 5.95 Å². The van der Waals surface area contributed by atoms with Gasteiger partial charge in [-0.2, -0.15) is 0 Å². The number of amides is 1. The van der Waals surface area contributed by atoms with Crippen molar-refractivity contribution in [2.75, 3.05) is 24.5 Å². The number of imidazole rings is 1. The van der Waals surface area contributed by atoms with Crippen LogP contribution in [0.1, 0.15) is 33.3 Å². The Morgan fingerprint density at radius 1 is 1.13 bits per heavy atom. The van der Waals surface area contributed by atoms with Crippen molar-refractivity contribution in [2.24, 2.45) is 0 Å². The first-order valence-corrected chi connectivity index (χ1v) is 11.4. The summed E-state index contributed by atoms with van der Waals surface area (Å²) in [5, 5.41) is 0. The van der Waals surface area contributed by atoms with Crippen LogP contribution in [0.3, 0.4) is 0 Å². The Labute approximate surface area is 191 Å². The van der Waals surface area contributed by atoms with E-state index >= 15 is 0 Å². The molecule has 0 unspecified atom stereocenters. The third-order valence-corrected chi connectivity index (χ3v) is 5.95. The molecule has 1 amide bonds. The van der Waals surface area contributed by atoms with E-state index in [0.29, 0.717) is 19.6 Å². The number of anilines is 1. The van der Waals surface area contributed by atoms with Gasteiger partial charge < -0.3 is 19.1 Å². The lowest BCUT2D eigenvalue weighted by Crippen LogP contribution is -2.55. The second-order valence-corrected chi connectivity index (χ2v) is 10.00. The van der Waals surface area contributed by atoms with Crippen molar-refractivity contribution in [3.05, 3.63) is 58.6 Å². The maximum atomic E-state index is 12.5. The number of rotatable bonds is 3. The molecule has 1 aromatic heterocycles. The van der Waals surface area contributed by atoms with E-state index in [9.17, 15) is 4.79 Å². The van der Waals surface area contributed by atoms with Crippen molar-refractivity contribution in [3.63, 3.8) is 0 Å². The summed E-state index contributed by atoms with van der Waals surface area (Å²) in [7, 11) is 0. The SMILES string of the molecule is C[C@H]1CN(C(=O)OC(C)(C)C)CCN1c1nc2ccccc2n1Cc1ccc(Br)cc1. The molecule has 0 N–H and O–H groups in total. The lowest BCUT2D eigenvalue weighted by Gasteiger charge is -2.40. The highest BCUT2D eigenvalue weighted by Gasteiger charge is 2.32. The van der Waals surface area contributed by atoms with Crippen LogP contribution in [0.4, 0.5) is 10.7 Å². The van der Waals surface area contributed by atoms with E-state index in [1.807, 2.05) is 26.8 Å². The second kappa shape index (κ2) is 8.54. The van der Waals surface area contributed by atoms with Crippen LogP contribution in [-0.4, -0.2) is 51.8 Å². The molecule has 1 saturated heterocycles. The normalized spacial score (nSPS) is 17.3. The number of hydrogen-bond donors (Lipinski definition) is 0. The monoisotopic (exact) mass is 484 g/mol. The molecule has 1 atom stereocenters. The molecule has 2 heterocycles. The number of benzene rings is 2. The van der Waals surface area contributed by atoms with Gasteiger partial charge in [-0.1, -0.05) is 40.2 Å². The van der Waals surface area contributed by atoms with E-state index in [2.05, 4.69) is 74.8 Å². The Bertz CT molecular complexity index is 1070. The highest BCUT2D eigenvalue weighted by Crippen LogP contribution is 2.27. The molecule has 7 heteroatoms. The maximum Gasteiger partial charge on any atom is 0.410 e. The number of carbonyl (C=O) groups excluding carboxylic acids is 1. The summed E-state index contributed by atoms with van der Waals surface area (Å²) in [6.07, 6.45) is -0.248. The smallest absolute Gasteiger partial charge is 0.410 e. The molecule has 4 rings (SSSR count). The molecule has 1 aliphatic rings. The molecule has 3 aromatic rings. The number of fused-ring (bicyclic) bond motifs is 1. The van der Waals surface area contributed by atoms with Gasteiger partial charge in [-0.05, 0) is 57.5 Å². The third-order valence-electron chi connectivity index (χ3n) is 5.42. The lowest BCUT2D eigenvalue weighted by molar-refractivity contribution is 0.0218. The summed E-state index contributed by atoms with van der Waals surface area (Å²) < 4.78 is 8.92. The number of nitrogens with zero attached hydrogens (tertiary/aromatic N) is 4. The molecular weight excluding hydrogens is 456 g/mol. The molecule has 0 spiro atoms. The van der Waals surface area contributed by atoms with E-state index < -0.39 is 5.60 Å². The largest absolute Gasteiger partial charge is 0.444 e. The number of piperazine rings is 1. The predicted molar refractivity (Wildman–Crippen MR) is 128 cm³/mol.